The fourth-order valence-corrected chi connectivity index (χ4v) is 1.95. The van der Waals surface area contributed by atoms with Crippen LogP contribution in [0.5, 0.6) is 5.75 Å². The first kappa shape index (κ1) is 12.0. The van der Waals surface area contributed by atoms with Gasteiger partial charge in [0.15, 0.2) is 0 Å². The number of rotatable bonds is 1. The van der Waals surface area contributed by atoms with Crippen molar-refractivity contribution in [3.05, 3.63) is 24.3 Å². The topological polar surface area (TPSA) is 35.5 Å². The van der Waals surface area contributed by atoms with Crippen molar-refractivity contribution < 1.29 is 18.3 Å². The predicted octanol–water partition coefficient (Wildman–Crippen LogP) is 1.73. The van der Waals surface area contributed by atoms with Crippen molar-refractivity contribution in [2.75, 3.05) is 24.5 Å². The lowest BCUT2D eigenvalue weighted by Crippen LogP contribution is -2.58. The van der Waals surface area contributed by atoms with Crippen molar-refractivity contribution in [1.82, 2.24) is 5.32 Å². The number of nitrogens with zero attached hydrogens (tertiary/aromatic N) is 1. The molecule has 0 bridgehead atoms. The zero-order valence-electron chi connectivity index (χ0n) is 9.04. The molecule has 2 rings (SSSR count). The molecule has 0 radical (unpaired) electrons. The van der Waals surface area contributed by atoms with Crippen LogP contribution in [0.1, 0.15) is 0 Å². The van der Waals surface area contributed by atoms with Crippen LogP contribution < -0.4 is 10.2 Å². The smallest absolute Gasteiger partial charge is 0.409 e. The quantitative estimate of drug-likeness (QED) is 0.792. The lowest BCUT2D eigenvalue weighted by atomic mass is 10.1. The molecule has 17 heavy (non-hydrogen) atoms. The fraction of sp³-hybridized carbons (Fsp3) is 0.455. The average Bonchev–Trinajstić information content (AvgIpc) is 2.29. The molecule has 1 aliphatic rings. The van der Waals surface area contributed by atoms with Gasteiger partial charge in [-0.05, 0) is 24.3 Å². The Hall–Kier alpha value is -1.43. The van der Waals surface area contributed by atoms with E-state index in [1.165, 1.54) is 29.2 Å². The molecule has 0 saturated carbocycles. The highest BCUT2D eigenvalue weighted by molar-refractivity contribution is 5.50. The molecular weight excluding hydrogens is 233 g/mol. The van der Waals surface area contributed by atoms with Crippen molar-refractivity contribution in [3.63, 3.8) is 0 Å². The van der Waals surface area contributed by atoms with Crippen LogP contribution in [-0.4, -0.2) is 37.0 Å². The predicted molar refractivity (Wildman–Crippen MR) is 58.2 cm³/mol. The van der Waals surface area contributed by atoms with Gasteiger partial charge in [-0.25, -0.2) is 0 Å². The third-order valence-electron chi connectivity index (χ3n) is 2.80. The maximum Gasteiger partial charge on any atom is 0.409 e. The number of alkyl halides is 3. The van der Waals surface area contributed by atoms with Crippen LogP contribution in [-0.2, 0) is 0 Å². The van der Waals surface area contributed by atoms with E-state index >= 15 is 0 Å². The first-order chi connectivity index (χ1) is 7.98. The van der Waals surface area contributed by atoms with Crippen molar-refractivity contribution in [2.45, 2.75) is 12.2 Å². The van der Waals surface area contributed by atoms with Gasteiger partial charge in [0.1, 0.15) is 11.8 Å². The van der Waals surface area contributed by atoms with E-state index < -0.39 is 12.2 Å². The molecule has 0 aliphatic carbocycles. The summed E-state index contributed by atoms with van der Waals surface area (Å²) in [6, 6.07) is 4.27. The molecule has 1 saturated heterocycles. The van der Waals surface area contributed by atoms with Gasteiger partial charge in [0.25, 0.3) is 0 Å². The normalized spacial score (nSPS) is 21.6. The van der Waals surface area contributed by atoms with Crippen LogP contribution in [0.2, 0.25) is 0 Å². The molecule has 2 N–H and O–H groups in total. The van der Waals surface area contributed by atoms with Gasteiger partial charge in [-0.2, -0.15) is 13.2 Å². The van der Waals surface area contributed by atoms with Crippen LogP contribution in [0.15, 0.2) is 24.3 Å². The first-order valence-corrected chi connectivity index (χ1v) is 5.31. The summed E-state index contributed by atoms with van der Waals surface area (Å²) in [5, 5.41) is 11.9. The summed E-state index contributed by atoms with van der Waals surface area (Å²) in [4.78, 5) is 1.32. The van der Waals surface area contributed by atoms with Gasteiger partial charge in [0, 0.05) is 25.3 Å². The van der Waals surface area contributed by atoms with Gasteiger partial charge in [0.05, 0.1) is 0 Å². The minimum Gasteiger partial charge on any atom is -0.508 e. The molecule has 1 atom stereocenters. The Bertz CT molecular complexity index is 377. The summed E-state index contributed by atoms with van der Waals surface area (Å²) in [6.07, 6.45) is -4.26. The summed E-state index contributed by atoms with van der Waals surface area (Å²) < 4.78 is 38.5. The summed E-state index contributed by atoms with van der Waals surface area (Å²) in [5.41, 5.74) is 0.478. The second kappa shape index (κ2) is 4.44. The van der Waals surface area contributed by atoms with Crippen molar-refractivity contribution in [2.24, 2.45) is 0 Å². The Morgan fingerprint density at radius 3 is 2.47 bits per heavy atom. The largest absolute Gasteiger partial charge is 0.508 e. The summed E-state index contributed by atoms with van der Waals surface area (Å²) >= 11 is 0. The molecule has 0 spiro atoms. The molecule has 6 heteroatoms. The standard InChI is InChI=1S/C11H13F3N2O/c12-11(13,14)10-7-15-5-6-16(10)8-1-3-9(17)4-2-8/h1-4,10,15,17H,5-7H2. The van der Waals surface area contributed by atoms with E-state index in [0.29, 0.717) is 18.8 Å². The Morgan fingerprint density at radius 2 is 1.88 bits per heavy atom. The Balaban J connectivity index is 2.25. The number of halogens is 3. The number of benzene rings is 1. The summed E-state index contributed by atoms with van der Waals surface area (Å²) in [6.45, 7) is 0.715. The molecule has 1 unspecified atom stereocenters. The third-order valence-corrected chi connectivity index (χ3v) is 2.80. The molecule has 1 aliphatic heterocycles. The van der Waals surface area contributed by atoms with E-state index in [1.54, 1.807) is 0 Å². The maximum atomic E-state index is 12.8. The lowest BCUT2D eigenvalue weighted by Gasteiger charge is -2.38. The van der Waals surface area contributed by atoms with E-state index in [2.05, 4.69) is 5.32 Å². The highest BCUT2D eigenvalue weighted by Gasteiger charge is 2.44. The SMILES string of the molecule is Oc1ccc(N2CCNCC2C(F)(F)F)cc1. The number of piperazine rings is 1. The van der Waals surface area contributed by atoms with Crippen LogP contribution in [0.3, 0.4) is 0 Å². The highest BCUT2D eigenvalue weighted by atomic mass is 19.4. The van der Waals surface area contributed by atoms with E-state index in [-0.39, 0.29) is 12.3 Å². The fourth-order valence-electron chi connectivity index (χ4n) is 1.95. The Labute approximate surface area is 96.9 Å². The van der Waals surface area contributed by atoms with Crippen LogP contribution >= 0.6 is 0 Å². The third kappa shape index (κ3) is 2.63. The minimum absolute atomic E-state index is 0.0486. The van der Waals surface area contributed by atoms with Crippen molar-refractivity contribution in [3.8, 4) is 5.75 Å². The number of phenols is 1. The molecule has 1 heterocycles. The number of nitrogens with one attached hydrogen (secondary N) is 1. The maximum absolute atomic E-state index is 12.8. The lowest BCUT2D eigenvalue weighted by molar-refractivity contribution is -0.149. The van der Waals surface area contributed by atoms with Gasteiger partial charge >= 0.3 is 6.18 Å². The first-order valence-electron chi connectivity index (χ1n) is 5.31. The summed E-state index contributed by atoms with van der Waals surface area (Å²) in [5.74, 6) is 0.0486. The van der Waals surface area contributed by atoms with Crippen molar-refractivity contribution >= 4 is 5.69 Å². The number of aromatic hydroxyl groups is 1. The molecule has 94 valence electrons. The minimum atomic E-state index is -4.26. The van der Waals surface area contributed by atoms with Crippen LogP contribution in [0.25, 0.3) is 0 Å². The summed E-state index contributed by atoms with van der Waals surface area (Å²) in [7, 11) is 0. The molecule has 1 aromatic carbocycles. The second-order valence-corrected chi connectivity index (χ2v) is 3.97. The number of hydrogen-bond donors (Lipinski definition) is 2. The zero-order chi connectivity index (χ0) is 12.5. The monoisotopic (exact) mass is 246 g/mol. The molecule has 1 aromatic rings. The highest BCUT2D eigenvalue weighted by Crippen LogP contribution is 2.30. The second-order valence-electron chi connectivity index (χ2n) is 3.97. The molecule has 0 amide bonds. The van der Waals surface area contributed by atoms with Gasteiger partial charge in [-0.1, -0.05) is 0 Å². The van der Waals surface area contributed by atoms with Gasteiger partial charge < -0.3 is 15.3 Å². The van der Waals surface area contributed by atoms with E-state index in [4.69, 9.17) is 5.11 Å². The van der Waals surface area contributed by atoms with E-state index in [1.807, 2.05) is 0 Å². The average molecular weight is 246 g/mol. The van der Waals surface area contributed by atoms with Gasteiger partial charge in [0.2, 0.25) is 0 Å². The van der Waals surface area contributed by atoms with E-state index in [0.717, 1.165) is 0 Å². The van der Waals surface area contributed by atoms with Gasteiger partial charge in [-0.15, -0.1) is 0 Å². The molecule has 0 aromatic heterocycles. The molecular formula is C11H13F3N2O. The zero-order valence-corrected chi connectivity index (χ0v) is 9.04. The number of phenolic OH excluding ortho intramolecular Hbond substituents is 1. The molecule has 1 fully saturated rings. The van der Waals surface area contributed by atoms with Crippen LogP contribution in [0, 0.1) is 0 Å². The Kier molecular flexibility index (Phi) is 3.15. The Morgan fingerprint density at radius 1 is 1.24 bits per heavy atom. The van der Waals surface area contributed by atoms with E-state index in [9.17, 15) is 13.2 Å². The van der Waals surface area contributed by atoms with Crippen molar-refractivity contribution in [1.29, 1.82) is 0 Å². The molecule has 3 nitrogen and oxygen atoms in total. The number of hydrogen-bond acceptors (Lipinski definition) is 3. The van der Waals surface area contributed by atoms with Crippen LogP contribution in [0.4, 0.5) is 18.9 Å². The van der Waals surface area contributed by atoms with Gasteiger partial charge in [-0.3, -0.25) is 0 Å². The number of anilines is 1.